The molecule has 0 spiro atoms. The largest absolute Gasteiger partial charge is 0.497 e. The number of nitrogens with zero attached hydrogens (tertiary/aromatic N) is 2. The number of nitrogens with one attached hydrogen (secondary N) is 2. The summed E-state index contributed by atoms with van der Waals surface area (Å²) in [5.41, 5.74) is 1.91. The van der Waals surface area contributed by atoms with Gasteiger partial charge in [-0.3, -0.25) is 0 Å². The predicted molar refractivity (Wildman–Crippen MR) is 98.8 cm³/mol. The van der Waals surface area contributed by atoms with Gasteiger partial charge in [-0.1, -0.05) is 12.1 Å². The summed E-state index contributed by atoms with van der Waals surface area (Å²) in [5.74, 6) is 0.680. The van der Waals surface area contributed by atoms with Crippen LogP contribution in [0.15, 0.2) is 30.5 Å². The number of rotatable bonds is 6. The van der Waals surface area contributed by atoms with Crippen molar-refractivity contribution in [2.24, 2.45) is 0 Å². The lowest BCUT2D eigenvalue weighted by Crippen LogP contribution is -2.29. The highest BCUT2D eigenvalue weighted by Gasteiger charge is 2.13. The molecule has 0 bridgehead atoms. The molecule has 0 aliphatic rings. The summed E-state index contributed by atoms with van der Waals surface area (Å²) in [7, 11) is 1.63. The van der Waals surface area contributed by atoms with Gasteiger partial charge >= 0.3 is 5.97 Å². The Kier molecular flexibility index (Phi) is 6.64. The van der Waals surface area contributed by atoms with E-state index in [1.54, 1.807) is 21.0 Å². The topological polar surface area (TPSA) is 85.4 Å². The smallest absolute Gasteiger partial charge is 0.341 e. The average Bonchev–Trinajstić information content (AvgIpc) is 2.60. The van der Waals surface area contributed by atoms with Crippen molar-refractivity contribution in [3.63, 3.8) is 0 Å². The average molecular weight is 360 g/mol. The molecular formula is C17H20N4O3S. The van der Waals surface area contributed by atoms with Crippen molar-refractivity contribution >= 4 is 29.2 Å². The SMILES string of the molecule is CCOC(=O)c1cnc(NC(=S)NCc2ccc(OC)cc2)nc1C. The minimum atomic E-state index is -0.438. The van der Waals surface area contributed by atoms with Crippen LogP contribution in [0.2, 0.25) is 0 Å². The van der Waals surface area contributed by atoms with Crippen molar-refractivity contribution < 1.29 is 14.3 Å². The normalized spacial score (nSPS) is 10.0. The molecule has 2 rings (SSSR count). The van der Waals surface area contributed by atoms with E-state index in [2.05, 4.69) is 20.6 Å². The monoisotopic (exact) mass is 360 g/mol. The summed E-state index contributed by atoms with van der Waals surface area (Å²) in [4.78, 5) is 20.1. The number of anilines is 1. The van der Waals surface area contributed by atoms with Gasteiger partial charge in [0, 0.05) is 12.7 Å². The standard InChI is InChI=1S/C17H20N4O3S/c1-4-24-15(22)14-10-18-16(20-11(14)2)21-17(25)19-9-12-5-7-13(23-3)8-6-12/h5-8,10H,4,9H2,1-3H3,(H2,18,19,20,21,25). The van der Waals surface area contributed by atoms with Gasteiger partial charge in [0.25, 0.3) is 0 Å². The van der Waals surface area contributed by atoms with Crippen molar-refractivity contribution in [2.45, 2.75) is 20.4 Å². The number of methoxy groups -OCH3 is 1. The predicted octanol–water partition coefficient (Wildman–Crippen LogP) is 2.46. The lowest BCUT2D eigenvalue weighted by atomic mass is 10.2. The Bertz CT molecular complexity index is 750. The second kappa shape index (κ2) is 8.93. The molecule has 2 N–H and O–H groups in total. The van der Waals surface area contributed by atoms with Crippen LogP contribution in [0, 0.1) is 6.92 Å². The van der Waals surface area contributed by atoms with Crippen molar-refractivity contribution in [1.29, 1.82) is 0 Å². The molecule has 8 heteroatoms. The summed E-state index contributed by atoms with van der Waals surface area (Å²) in [6.07, 6.45) is 1.43. The van der Waals surface area contributed by atoms with Crippen LogP contribution in [0.25, 0.3) is 0 Å². The number of esters is 1. The molecule has 132 valence electrons. The Morgan fingerprint density at radius 3 is 2.60 bits per heavy atom. The first-order valence-corrected chi connectivity index (χ1v) is 8.12. The summed E-state index contributed by atoms with van der Waals surface area (Å²) in [6.45, 7) is 4.32. The molecule has 0 aliphatic heterocycles. The zero-order valence-corrected chi connectivity index (χ0v) is 15.1. The number of hydrogen-bond acceptors (Lipinski definition) is 6. The van der Waals surface area contributed by atoms with E-state index in [4.69, 9.17) is 21.7 Å². The van der Waals surface area contributed by atoms with Crippen LogP contribution in [-0.2, 0) is 11.3 Å². The molecule has 25 heavy (non-hydrogen) atoms. The molecule has 0 aliphatic carbocycles. The molecule has 1 aromatic carbocycles. The van der Waals surface area contributed by atoms with E-state index in [1.165, 1.54) is 6.20 Å². The van der Waals surface area contributed by atoms with E-state index < -0.39 is 5.97 Å². The lowest BCUT2D eigenvalue weighted by Gasteiger charge is -2.11. The molecular weight excluding hydrogens is 340 g/mol. The third-order valence-electron chi connectivity index (χ3n) is 3.31. The third-order valence-corrected chi connectivity index (χ3v) is 3.56. The molecule has 1 heterocycles. The van der Waals surface area contributed by atoms with Gasteiger partial charge in [0.15, 0.2) is 5.11 Å². The second-order valence-corrected chi connectivity index (χ2v) is 5.48. The van der Waals surface area contributed by atoms with E-state index in [1.807, 2.05) is 24.3 Å². The molecule has 0 fully saturated rings. The number of aromatic nitrogens is 2. The van der Waals surface area contributed by atoms with Crippen LogP contribution in [-0.4, -0.2) is 34.8 Å². The molecule has 0 atom stereocenters. The fourth-order valence-electron chi connectivity index (χ4n) is 2.01. The van der Waals surface area contributed by atoms with Crippen molar-refractivity contribution in [3.8, 4) is 5.75 Å². The Balaban J connectivity index is 1.91. The molecule has 1 aromatic heterocycles. The molecule has 0 unspecified atom stereocenters. The first kappa shape index (κ1) is 18.6. The van der Waals surface area contributed by atoms with Crippen LogP contribution < -0.4 is 15.4 Å². The van der Waals surface area contributed by atoms with Gasteiger partial charge in [-0.2, -0.15) is 0 Å². The molecule has 0 radical (unpaired) electrons. The Labute approximate surface area is 151 Å². The van der Waals surface area contributed by atoms with Gasteiger partial charge in [0.05, 0.1) is 25.0 Å². The number of carbonyl (C=O) groups is 1. The van der Waals surface area contributed by atoms with Crippen molar-refractivity contribution in [1.82, 2.24) is 15.3 Å². The highest BCUT2D eigenvalue weighted by molar-refractivity contribution is 7.80. The summed E-state index contributed by atoms with van der Waals surface area (Å²) in [6, 6.07) is 7.66. The first-order valence-electron chi connectivity index (χ1n) is 7.72. The fraction of sp³-hybridized carbons (Fsp3) is 0.294. The second-order valence-electron chi connectivity index (χ2n) is 5.07. The van der Waals surface area contributed by atoms with E-state index >= 15 is 0 Å². The van der Waals surface area contributed by atoms with Crippen LogP contribution in [0.3, 0.4) is 0 Å². The number of carbonyl (C=O) groups excluding carboxylic acids is 1. The van der Waals surface area contributed by atoms with E-state index in [-0.39, 0.29) is 0 Å². The molecule has 2 aromatic rings. The Morgan fingerprint density at radius 2 is 2.00 bits per heavy atom. The van der Waals surface area contributed by atoms with Gasteiger partial charge < -0.3 is 20.1 Å². The van der Waals surface area contributed by atoms with Gasteiger partial charge in [-0.15, -0.1) is 0 Å². The molecule has 0 saturated carbocycles. The summed E-state index contributed by atoms with van der Waals surface area (Å²) >= 11 is 5.23. The number of benzene rings is 1. The fourth-order valence-corrected chi connectivity index (χ4v) is 2.17. The highest BCUT2D eigenvalue weighted by Crippen LogP contribution is 2.11. The summed E-state index contributed by atoms with van der Waals surface area (Å²) < 4.78 is 10.1. The minimum absolute atomic E-state index is 0.303. The first-order chi connectivity index (χ1) is 12.0. The van der Waals surface area contributed by atoms with Gasteiger partial charge in [-0.25, -0.2) is 14.8 Å². The van der Waals surface area contributed by atoms with Gasteiger partial charge in [0.1, 0.15) is 5.75 Å². The highest BCUT2D eigenvalue weighted by atomic mass is 32.1. The molecule has 7 nitrogen and oxygen atoms in total. The van der Waals surface area contributed by atoms with Crippen LogP contribution in [0.1, 0.15) is 28.5 Å². The molecule has 0 amide bonds. The zero-order chi connectivity index (χ0) is 18.2. The maximum Gasteiger partial charge on any atom is 0.341 e. The maximum atomic E-state index is 11.7. The quantitative estimate of drug-likeness (QED) is 0.600. The number of ether oxygens (including phenoxy) is 2. The zero-order valence-electron chi connectivity index (χ0n) is 14.3. The van der Waals surface area contributed by atoms with Crippen molar-refractivity contribution in [3.05, 3.63) is 47.3 Å². The van der Waals surface area contributed by atoms with Crippen LogP contribution in [0.5, 0.6) is 5.75 Å². The number of aryl methyl sites for hydroxylation is 1. The number of thiocarbonyl (C=S) groups is 1. The maximum absolute atomic E-state index is 11.7. The Hall–Kier alpha value is -2.74. The number of hydrogen-bond donors (Lipinski definition) is 2. The van der Waals surface area contributed by atoms with Crippen LogP contribution >= 0.6 is 12.2 Å². The minimum Gasteiger partial charge on any atom is -0.497 e. The third kappa shape index (κ3) is 5.39. The Morgan fingerprint density at radius 1 is 1.28 bits per heavy atom. The van der Waals surface area contributed by atoms with E-state index in [0.29, 0.717) is 35.5 Å². The molecule has 0 saturated heterocycles. The van der Waals surface area contributed by atoms with Gasteiger partial charge in [-0.05, 0) is 43.8 Å². The van der Waals surface area contributed by atoms with Crippen LogP contribution in [0.4, 0.5) is 5.95 Å². The van der Waals surface area contributed by atoms with Crippen molar-refractivity contribution in [2.75, 3.05) is 19.0 Å². The van der Waals surface area contributed by atoms with Gasteiger partial charge in [0.2, 0.25) is 5.95 Å². The van der Waals surface area contributed by atoms with E-state index in [9.17, 15) is 4.79 Å². The lowest BCUT2D eigenvalue weighted by molar-refractivity contribution is 0.0524. The summed E-state index contributed by atoms with van der Waals surface area (Å²) in [5, 5.41) is 6.35. The van der Waals surface area contributed by atoms with E-state index in [0.717, 1.165) is 11.3 Å².